The van der Waals surface area contributed by atoms with E-state index in [9.17, 15) is 14.9 Å². The van der Waals surface area contributed by atoms with E-state index < -0.39 is 28.2 Å². The van der Waals surface area contributed by atoms with Gasteiger partial charge < -0.3 is 9.84 Å². The van der Waals surface area contributed by atoms with Gasteiger partial charge >= 0.3 is 11.7 Å². The molecular weight excluding hydrogens is 226 g/mol. The number of carbonyl (C=O) groups is 1. The second-order valence-corrected chi connectivity index (χ2v) is 3.14. The van der Waals surface area contributed by atoms with E-state index in [0.29, 0.717) is 0 Å². The Morgan fingerprint density at radius 3 is 2.76 bits per heavy atom. The quantitative estimate of drug-likeness (QED) is 0.487. The van der Waals surface area contributed by atoms with Gasteiger partial charge in [-0.2, -0.15) is 0 Å². The molecule has 1 aromatic carbocycles. The second-order valence-electron chi connectivity index (χ2n) is 3.14. The van der Waals surface area contributed by atoms with Crippen molar-refractivity contribution in [1.29, 1.82) is 0 Å². The maximum atomic E-state index is 10.8. The van der Waals surface area contributed by atoms with Gasteiger partial charge in [0, 0.05) is 0 Å². The maximum Gasteiger partial charge on any atom is 0.342 e. The van der Waals surface area contributed by atoms with Crippen LogP contribution in [0.15, 0.2) is 18.2 Å². The molecule has 0 saturated heterocycles. The Bertz CT molecular complexity index is 503. The van der Waals surface area contributed by atoms with Crippen LogP contribution >= 0.6 is 0 Å². The molecule has 6 heteroatoms. The minimum atomic E-state index is -1.39. The first kappa shape index (κ1) is 12.5. The van der Waals surface area contributed by atoms with Gasteiger partial charge in [-0.15, -0.1) is 6.42 Å². The Labute approximate surface area is 97.0 Å². The predicted octanol–water partition coefficient (Wildman–Crippen LogP) is 1.69. The second kappa shape index (κ2) is 4.99. The lowest BCUT2D eigenvalue weighted by atomic mass is 10.1. The van der Waals surface area contributed by atoms with Crippen LogP contribution in [0.4, 0.5) is 5.69 Å². The number of hydrogen-bond acceptors (Lipinski definition) is 4. The van der Waals surface area contributed by atoms with Crippen molar-refractivity contribution in [2.45, 2.75) is 13.0 Å². The smallest absolute Gasteiger partial charge is 0.342 e. The number of nitrogens with zero attached hydrogens (tertiary/aromatic N) is 1. The number of nitro benzene ring substituents is 1. The van der Waals surface area contributed by atoms with Crippen molar-refractivity contribution in [3.05, 3.63) is 33.9 Å². The summed E-state index contributed by atoms with van der Waals surface area (Å²) < 4.78 is 5.11. The van der Waals surface area contributed by atoms with Crippen LogP contribution in [0.3, 0.4) is 0 Å². The van der Waals surface area contributed by atoms with Crippen molar-refractivity contribution in [2.24, 2.45) is 0 Å². The molecule has 1 rings (SSSR count). The molecule has 0 saturated carbocycles. The molecule has 6 nitrogen and oxygen atoms in total. The fraction of sp³-hybridized carbons (Fsp3) is 0.182. The molecule has 0 fully saturated rings. The molecule has 0 bridgehead atoms. The Morgan fingerprint density at radius 1 is 1.65 bits per heavy atom. The Morgan fingerprint density at radius 2 is 2.29 bits per heavy atom. The third kappa shape index (κ3) is 2.72. The summed E-state index contributed by atoms with van der Waals surface area (Å²) in [4.78, 5) is 20.9. The van der Waals surface area contributed by atoms with E-state index in [1.807, 2.05) is 0 Å². The summed E-state index contributed by atoms with van der Waals surface area (Å²) in [5.74, 6) is 0.690. The van der Waals surface area contributed by atoms with E-state index in [1.165, 1.54) is 19.1 Å². The molecule has 1 atom stereocenters. The van der Waals surface area contributed by atoms with E-state index in [0.717, 1.165) is 6.07 Å². The van der Waals surface area contributed by atoms with Gasteiger partial charge in [-0.05, 0) is 19.1 Å². The average Bonchev–Trinajstić information content (AvgIpc) is 2.28. The molecule has 0 aliphatic heterocycles. The number of terminal acetylenes is 1. The highest BCUT2D eigenvalue weighted by Crippen LogP contribution is 2.31. The number of benzene rings is 1. The molecule has 0 spiro atoms. The molecule has 1 unspecified atom stereocenters. The van der Waals surface area contributed by atoms with Gasteiger partial charge in [0.15, 0.2) is 11.9 Å². The van der Waals surface area contributed by atoms with Gasteiger partial charge in [0.25, 0.3) is 0 Å². The van der Waals surface area contributed by atoms with Crippen LogP contribution in [0.25, 0.3) is 0 Å². The predicted molar refractivity (Wildman–Crippen MR) is 59.0 cm³/mol. The lowest BCUT2D eigenvalue weighted by Gasteiger charge is -2.09. The van der Waals surface area contributed by atoms with Crippen molar-refractivity contribution < 1.29 is 19.6 Å². The minimum absolute atomic E-state index is 0.152. The van der Waals surface area contributed by atoms with Gasteiger partial charge in [0.05, 0.1) is 4.92 Å². The number of rotatable bonds is 4. The van der Waals surface area contributed by atoms with Gasteiger partial charge in [-0.1, -0.05) is 12.0 Å². The van der Waals surface area contributed by atoms with E-state index in [1.54, 1.807) is 0 Å². The van der Waals surface area contributed by atoms with E-state index in [-0.39, 0.29) is 5.75 Å². The third-order valence-corrected chi connectivity index (χ3v) is 1.95. The zero-order valence-corrected chi connectivity index (χ0v) is 8.91. The molecule has 0 heterocycles. The number of hydrogen-bond donors (Lipinski definition) is 1. The van der Waals surface area contributed by atoms with Gasteiger partial charge in [-0.25, -0.2) is 4.79 Å². The summed E-state index contributed by atoms with van der Waals surface area (Å²) in [6.45, 7) is 1.52. The van der Waals surface area contributed by atoms with E-state index in [4.69, 9.17) is 16.3 Å². The Balaban J connectivity index is 3.31. The van der Waals surface area contributed by atoms with Crippen molar-refractivity contribution in [2.75, 3.05) is 0 Å². The highest BCUT2D eigenvalue weighted by molar-refractivity contribution is 5.93. The number of carboxylic acid groups (broad SMARTS) is 1. The lowest BCUT2D eigenvalue weighted by molar-refractivity contribution is -0.386. The highest BCUT2D eigenvalue weighted by atomic mass is 16.6. The maximum absolute atomic E-state index is 10.8. The van der Waals surface area contributed by atoms with Crippen LogP contribution < -0.4 is 4.74 Å². The summed E-state index contributed by atoms with van der Waals surface area (Å²) in [7, 11) is 0. The van der Waals surface area contributed by atoms with Crippen molar-refractivity contribution in [3.63, 3.8) is 0 Å². The van der Waals surface area contributed by atoms with Gasteiger partial charge in [-0.3, -0.25) is 10.1 Å². The summed E-state index contributed by atoms with van der Waals surface area (Å²) in [5, 5.41) is 19.7. The average molecular weight is 235 g/mol. The zero-order valence-electron chi connectivity index (χ0n) is 8.91. The number of aromatic carboxylic acids is 1. The number of nitro groups is 1. The minimum Gasteiger partial charge on any atom is -0.477 e. The summed E-state index contributed by atoms with van der Waals surface area (Å²) in [5.41, 5.74) is -1.03. The molecule has 0 amide bonds. The standard InChI is InChI=1S/C11H9NO5/c1-3-7(2)17-9-6-4-5-8(11(13)14)10(9)12(15)16/h1,4-7H,2H3,(H,13,14). The first-order chi connectivity index (χ1) is 7.97. The van der Waals surface area contributed by atoms with Gasteiger partial charge in [0.2, 0.25) is 0 Å². The van der Waals surface area contributed by atoms with Crippen molar-refractivity contribution in [1.82, 2.24) is 0 Å². The molecule has 0 radical (unpaired) electrons. The molecule has 0 aliphatic rings. The molecular formula is C11H9NO5. The number of para-hydroxylation sites is 1. The molecule has 17 heavy (non-hydrogen) atoms. The Kier molecular flexibility index (Phi) is 3.67. The third-order valence-electron chi connectivity index (χ3n) is 1.95. The Hall–Kier alpha value is -2.55. The number of carboxylic acids is 1. The van der Waals surface area contributed by atoms with Gasteiger partial charge in [0.1, 0.15) is 5.56 Å². The fourth-order valence-electron chi connectivity index (χ4n) is 1.20. The normalized spacial score (nSPS) is 11.3. The van der Waals surface area contributed by atoms with E-state index in [2.05, 4.69) is 5.92 Å². The number of ether oxygens (including phenoxy) is 1. The topological polar surface area (TPSA) is 89.7 Å². The van der Waals surface area contributed by atoms with Crippen molar-refractivity contribution in [3.8, 4) is 18.1 Å². The first-order valence-electron chi connectivity index (χ1n) is 4.61. The first-order valence-corrected chi connectivity index (χ1v) is 4.61. The van der Waals surface area contributed by atoms with Crippen LogP contribution in [-0.4, -0.2) is 22.1 Å². The SMILES string of the molecule is C#CC(C)Oc1cccc(C(=O)O)c1[N+](=O)[O-]. The molecule has 1 N–H and O–H groups in total. The molecule has 0 aromatic heterocycles. The summed E-state index contributed by atoms with van der Waals surface area (Å²) >= 11 is 0. The van der Waals surface area contributed by atoms with Crippen LogP contribution in [-0.2, 0) is 0 Å². The molecule has 0 aliphatic carbocycles. The summed E-state index contributed by atoms with van der Waals surface area (Å²) in [6.07, 6.45) is 4.40. The van der Waals surface area contributed by atoms with Crippen molar-refractivity contribution >= 4 is 11.7 Å². The van der Waals surface area contributed by atoms with Crippen LogP contribution in [0.2, 0.25) is 0 Å². The highest BCUT2D eigenvalue weighted by Gasteiger charge is 2.25. The monoisotopic (exact) mass is 235 g/mol. The zero-order chi connectivity index (χ0) is 13.0. The van der Waals surface area contributed by atoms with Crippen LogP contribution in [0.1, 0.15) is 17.3 Å². The largest absolute Gasteiger partial charge is 0.477 e. The molecule has 1 aromatic rings. The molecule has 88 valence electrons. The van der Waals surface area contributed by atoms with Crippen LogP contribution in [0.5, 0.6) is 5.75 Å². The van der Waals surface area contributed by atoms with Crippen LogP contribution in [0, 0.1) is 22.5 Å². The van der Waals surface area contributed by atoms with E-state index >= 15 is 0 Å². The summed E-state index contributed by atoms with van der Waals surface area (Å²) in [6, 6.07) is 3.79. The fourth-order valence-corrected chi connectivity index (χ4v) is 1.20. The lowest BCUT2D eigenvalue weighted by Crippen LogP contribution is -2.11.